The van der Waals surface area contributed by atoms with Gasteiger partial charge in [0.05, 0.1) is 63.0 Å². The van der Waals surface area contributed by atoms with Gasteiger partial charge in [-0.1, -0.05) is 117 Å². The van der Waals surface area contributed by atoms with Gasteiger partial charge in [-0.15, -0.1) is 0 Å². The molecule has 6 saturated carbocycles. The number of methoxy groups -OCH3 is 1. The molecule has 12 aliphatic rings. The first-order valence-electron chi connectivity index (χ1n) is 45.0. The molecule has 4 aliphatic heterocycles. The molecule has 10 fully saturated rings. The lowest BCUT2D eigenvalue weighted by Crippen LogP contribution is -2.64. The Labute approximate surface area is 716 Å². The Hall–Kier alpha value is -5.90. The molecule has 8 aliphatic carbocycles. The number of ketones is 2. The highest BCUT2D eigenvalue weighted by atomic mass is 16.8. The van der Waals surface area contributed by atoms with Crippen molar-refractivity contribution in [1.82, 2.24) is 0 Å². The number of ether oxygens (including phenoxy) is 14. The number of hydrogen-bond donors (Lipinski definition) is 8. The van der Waals surface area contributed by atoms with E-state index in [4.69, 9.17) is 66.3 Å². The quantitative estimate of drug-likeness (QED) is 0.0246. The summed E-state index contributed by atoms with van der Waals surface area (Å²) in [6.45, 7) is 24.0. The maximum atomic E-state index is 14.7. The lowest BCUT2D eigenvalue weighted by Gasteiger charge is -2.59. The van der Waals surface area contributed by atoms with Crippen LogP contribution in [0.2, 0.25) is 0 Å². The molecule has 8 N–H and O–H groups in total. The van der Waals surface area contributed by atoms with Gasteiger partial charge in [0.2, 0.25) is 0 Å². The molecule has 28 heteroatoms. The SMILES string of the molecule is COc1ccc(C(=O)OC2C(OC3C(O)COC(O[C@H]4C[C@H]5[C@@H]6CC=C7C[C@@H](OC(=O)O[C@@H]8CC[C@@]9(C)C(=CC[C@@H]%10C9CC[C@@]9(C)[C@H]%10C[C@H](OC%10OCC(O)C(OC%11OCC(O)C(O)C%11OC(=O)c%11ccc(C)cc%11)C%10OC(C)=O)[C@]9(O)[C@H](C)C(=O)CCC(C)C)C8)CC[C@]7(C)C6CC[C@]5(C)[C@@]4(O)[C@H](C)C(=O)CCC(C)C)C3C)OCC(O)C2O)cc1. The predicted octanol–water partition coefficient (Wildman–Crippen LogP) is 10.2. The topological polar surface area (TPSA) is 393 Å². The summed E-state index contributed by atoms with van der Waals surface area (Å²) in [4.78, 5) is 83.8. The Morgan fingerprint density at radius 3 is 1.31 bits per heavy atom. The first kappa shape index (κ1) is 92.3. The van der Waals surface area contributed by atoms with Crippen LogP contribution in [0.25, 0.3) is 0 Å². The number of aryl methyl sites for hydroxylation is 1. The van der Waals surface area contributed by atoms with Gasteiger partial charge >= 0.3 is 24.1 Å². The summed E-state index contributed by atoms with van der Waals surface area (Å²) in [5.74, 6) is -3.99. The molecule has 2 aromatic rings. The zero-order valence-electron chi connectivity index (χ0n) is 73.4. The molecule has 4 saturated heterocycles. The maximum Gasteiger partial charge on any atom is 0.508 e. The van der Waals surface area contributed by atoms with Crippen LogP contribution in [0, 0.1) is 93.7 Å². The van der Waals surface area contributed by atoms with E-state index in [1.165, 1.54) is 37.3 Å². The van der Waals surface area contributed by atoms with Crippen LogP contribution in [0.4, 0.5) is 4.79 Å². The number of fused-ring (bicyclic) bond motifs is 10. The maximum absolute atomic E-state index is 14.7. The predicted molar refractivity (Wildman–Crippen MR) is 437 cm³/mol. The van der Waals surface area contributed by atoms with E-state index in [2.05, 4.69) is 53.7 Å². The number of allylic oxidation sites excluding steroid dienone is 2. The molecular formula is C94H134O28. The van der Waals surface area contributed by atoms with Gasteiger partial charge in [-0.05, 0) is 191 Å². The van der Waals surface area contributed by atoms with Crippen LogP contribution < -0.4 is 4.74 Å². The summed E-state index contributed by atoms with van der Waals surface area (Å²) in [5.41, 5.74) is -2.05. The van der Waals surface area contributed by atoms with Crippen molar-refractivity contribution in [3.05, 3.63) is 88.5 Å². The van der Waals surface area contributed by atoms with Crippen LogP contribution in [0.3, 0.4) is 0 Å². The van der Waals surface area contributed by atoms with E-state index < -0.39 is 194 Å². The van der Waals surface area contributed by atoms with Gasteiger partial charge in [0.15, 0.2) is 43.5 Å². The Bertz CT molecular complexity index is 4110. The summed E-state index contributed by atoms with van der Waals surface area (Å²) in [7, 11) is 1.49. The van der Waals surface area contributed by atoms with Gasteiger partial charge < -0.3 is 107 Å². The van der Waals surface area contributed by atoms with Crippen molar-refractivity contribution in [3.8, 4) is 5.75 Å². The van der Waals surface area contributed by atoms with Gasteiger partial charge in [0.1, 0.15) is 83.5 Å². The van der Waals surface area contributed by atoms with Crippen molar-refractivity contribution < 1.29 is 136 Å². The molecule has 0 spiro atoms. The van der Waals surface area contributed by atoms with Gasteiger partial charge in [-0.25, -0.2) is 14.4 Å². The van der Waals surface area contributed by atoms with Gasteiger partial charge in [0.25, 0.3) is 0 Å². The van der Waals surface area contributed by atoms with Crippen molar-refractivity contribution in [2.45, 2.75) is 334 Å². The van der Waals surface area contributed by atoms with Crippen LogP contribution in [0.5, 0.6) is 5.75 Å². The van der Waals surface area contributed by atoms with Crippen molar-refractivity contribution in [3.63, 3.8) is 0 Å². The van der Waals surface area contributed by atoms with Gasteiger partial charge in [-0.3, -0.25) is 14.4 Å². The lowest BCUT2D eigenvalue weighted by atomic mass is 9.46. The van der Waals surface area contributed by atoms with Crippen molar-refractivity contribution in [2.75, 3.05) is 33.5 Å². The zero-order chi connectivity index (χ0) is 87.8. The summed E-state index contributed by atoms with van der Waals surface area (Å²) >= 11 is 0. The fraction of sp³-hybridized carbons (Fsp3) is 0.766. The number of carbonyl (C=O) groups excluding carboxylic acids is 6. The highest BCUT2D eigenvalue weighted by Gasteiger charge is 2.73. The number of carbonyl (C=O) groups is 6. The number of aliphatic hydroxyl groups is 8. The molecule has 14 rings (SSSR count). The van der Waals surface area contributed by atoms with Crippen LogP contribution in [0.1, 0.15) is 225 Å². The Morgan fingerprint density at radius 1 is 0.475 bits per heavy atom. The Balaban J connectivity index is 0.634. The van der Waals surface area contributed by atoms with Crippen LogP contribution in [-0.2, 0) is 76.0 Å². The molecule has 28 nitrogen and oxygen atoms in total. The third-order valence-corrected chi connectivity index (χ3v) is 32.0. The van der Waals surface area contributed by atoms with Gasteiger partial charge in [0, 0.05) is 61.2 Å². The molecule has 678 valence electrons. The molecule has 0 radical (unpaired) electrons. The monoisotopic (exact) mass is 1710 g/mol. The molecule has 122 heavy (non-hydrogen) atoms. The first-order chi connectivity index (χ1) is 57.8. The fourth-order valence-electron chi connectivity index (χ4n) is 24.6. The molecule has 2 aromatic carbocycles. The normalized spacial score (nSPS) is 42.8. The van der Waals surface area contributed by atoms with E-state index in [1.807, 2.05) is 27.7 Å². The van der Waals surface area contributed by atoms with E-state index >= 15 is 0 Å². The van der Waals surface area contributed by atoms with Crippen molar-refractivity contribution in [2.24, 2.45) is 86.8 Å². The number of aliphatic hydroxyl groups excluding tert-OH is 6. The highest BCUT2D eigenvalue weighted by molar-refractivity contribution is 5.90. The molecular weight excluding hydrogens is 1580 g/mol. The minimum Gasteiger partial charge on any atom is -0.497 e. The largest absolute Gasteiger partial charge is 0.508 e. The van der Waals surface area contributed by atoms with Crippen LogP contribution in [0.15, 0.2) is 71.8 Å². The third kappa shape index (κ3) is 17.3. The minimum atomic E-state index is -1.79. The highest BCUT2D eigenvalue weighted by Crippen LogP contribution is 2.72. The number of esters is 3. The number of benzene rings is 2. The fourth-order valence-corrected chi connectivity index (χ4v) is 24.6. The number of Topliss-reactive ketones (excluding diaryl/α,β-unsaturated/α-hetero) is 2. The second kappa shape index (κ2) is 36.7. The molecule has 0 aromatic heterocycles. The molecule has 4 heterocycles. The molecule has 34 atom stereocenters. The molecule has 18 unspecified atom stereocenters. The minimum absolute atomic E-state index is 0.0226. The van der Waals surface area contributed by atoms with E-state index in [-0.39, 0.29) is 107 Å². The Kier molecular flexibility index (Phi) is 27.8. The van der Waals surface area contributed by atoms with Crippen LogP contribution >= 0.6 is 0 Å². The first-order valence-corrected chi connectivity index (χ1v) is 45.0. The average molecular weight is 1710 g/mol. The number of rotatable bonds is 26. The van der Waals surface area contributed by atoms with Crippen molar-refractivity contribution >= 4 is 35.6 Å². The smallest absolute Gasteiger partial charge is 0.497 e. The van der Waals surface area contributed by atoms with Crippen molar-refractivity contribution in [1.29, 1.82) is 0 Å². The summed E-state index contributed by atoms with van der Waals surface area (Å²) in [5, 5.41) is 95.2. The summed E-state index contributed by atoms with van der Waals surface area (Å²) in [6, 6.07) is 12.7. The zero-order valence-corrected chi connectivity index (χ0v) is 73.4. The standard InChI is InChI=1S/C94H134O28/c1-47(2)15-29-67(96)51(7)93(107)73(117-84-50(6)77(71(100)45-110-84)121-85-79(75(102)69(98)43-111-85)119-83(105)55-21-25-58(109-14)26-22-55)41-65-61-27-23-56-39-59(31-35-89(56,10)63(61)33-37-91(65,93)12)115-88(106)116-60-32-36-90(11)57(40-60)24-28-62-64(90)34-38-92(13)66(62)42-74(94(92,108)52(8)68(97)30-16-48(3)4)118-87-81(114-53(9)95)78(72(101)46-113-87)122-86-80(76(103)70(99)44-112-86)120-82(104)54-19-17-49(5)18-20-54/h17-26,47-48,50-52,59-66,69-81,84-87,98-103,107-108H,15-16,27-46H2,1-14H3/t50?,51-,52-,59+,60-,61-,62-,63?,64?,65+,66+,69?,70?,71?,72?,73+,74+,75?,76?,77?,78?,79?,80?,81?,84?,85?,86?,87?,89+,90+,91+,92+,93-,94-/m1/s1. The van der Waals surface area contributed by atoms with E-state index in [1.54, 1.807) is 50.2 Å². The van der Waals surface area contributed by atoms with Gasteiger partial charge in [-0.2, -0.15) is 0 Å². The average Bonchev–Trinajstić information content (AvgIpc) is 1.51. The van der Waals surface area contributed by atoms with E-state index in [9.17, 15) is 69.6 Å². The second-order valence-corrected chi connectivity index (χ2v) is 39.8. The van der Waals surface area contributed by atoms with E-state index in [0.29, 0.717) is 82.8 Å². The molecule has 0 bridgehead atoms. The van der Waals surface area contributed by atoms with Crippen LogP contribution in [-0.4, -0.2) is 238 Å². The number of hydrogen-bond acceptors (Lipinski definition) is 28. The second-order valence-electron chi connectivity index (χ2n) is 39.8. The third-order valence-electron chi connectivity index (χ3n) is 32.0. The lowest BCUT2D eigenvalue weighted by molar-refractivity contribution is -0.345. The molecule has 0 amide bonds. The Morgan fingerprint density at radius 2 is 0.877 bits per heavy atom. The summed E-state index contributed by atoms with van der Waals surface area (Å²) in [6.07, 6.45) is -10.5. The van der Waals surface area contributed by atoms with E-state index in [0.717, 1.165) is 31.2 Å². The summed E-state index contributed by atoms with van der Waals surface area (Å²) < 4.78 is 86.8.